The lowest BCUT2D eigenvalue weighted by Gasteiger charge is -2.16. The van der Waals surface area contributed by atoms with Crippen molar-refractivity contribution in [3.63, 3.8) is 0 Å². The van der Waals surface area contributed by atoms with Crippen molar-refractivity contribution in [2.24, 2.45) is 0 Å². The molecule has 0 atom stereocenters. The van der Waals surface area contributed by atoms with Gasteiger partial charge in [-0.3, -0.25) is 14.5 Å². The molecule has 0 radical (unpaired) electrons. The number of anilines is 1. The summed E-state index contributed by atoms with van der Waals surface area (Å²) in [4.78, 5) is 27.9. The van der Waals surface area contributed by atoms with Crippen molar-refractivity contribution in [1.82, 2.24) is 4.90 Å². The zero-order valence-corrected chi connectivity index (χ0v) is 18.2. The maximum atomic E-state index is 13.3. The van der Waals surface area contributed by atoms with E-state index in [1.54, 1.807) is 14.2 Å². The van der Waals surface area contributed by atoms with Crippen LogP contribution >= 0.6 is 0 Å². The Hall–Kier alpha value is -3.12. The van der Waals surface area contributed by atoms with Gasteiger partial charge >= 0.3 is 0 Å². The smallest absolute Gasteiger partial charge is 0.278 e. The molecule has 0 fully saturated rings. The Bertz CT molecular complexity index is 1010. The van der Waals surface area contributed by atoms with Gasteiger partial charge in [0.1, 0.15) is 11.4 Å². The Labute approximate surface area is 177 Å². The first kappa shape index (κ1) is 21.6. The van der Waals surface area contributed by atoms with Crippen molar-refractivity contribution < 1.29 is 19.1 Å². The summed E-state index contributed by atoms with van der Waals surface area (Å²) >= 11 is 0. The number of nitrogens with zero attached hydrogens (tertiary/aromatic N) is 1. The Kier molecular flexibility index (Phi) is 6.57. The molecule has 1 aliphatic heterocycles. The summed E-state index contributed by atoms with van der Waals surface area (Å²) < 4.78 is 10.5. The van der Waals surface area contributed by atoms with E-state index < -0.39 is 0 Å². The van der Waals surface area contributed by atoms with Crippen molar-refractivity contribution in [3.05, 3.63) is 64.3 Å². The molecular weight excluding hydrogens is 380 g/mol. The summed E-state index contributed by atoms with van der Waals surface area (Å²) in [5, 5.41) is 3.20. The van der Waals surface area contributed by atoms with E-state index in [0.717, 1.165) is 22.3 Å². The van der Waals surface area contributed by atoms with E-state index in [-0.39, 0.29) is 17.5 Å². The topological polar surface area (TPSA) is 67.9 Å². The summed E-state index contributed by atoms with van der Waals surface area (Å²) in [6.07, 6.45) is 0.579. The highest BCUT2D eigenvalue weighted by Crippen LogP contribution is 2.35. The second-order valence-electron chi connectivity index (χ2n) is 7.51. The van der Waals surface area contributed by atoms with Crippen LogP contribution in [-0.4, -0.2) is 44.1 Å². The van der Waals surface area contributed by atoms with Crippen molar-refractivity contribution >= 4 is 23.1 Å². The summed E-state index contributed by atoms with van der Waals surface area (Å²) in [5.74, 6) is -0.0297. The van der Waals surface area contributed by atoms with Gasteiger partial charge in [0.2, 0.25) is 0 Å². The summed E-state index contributed by atoms with van der Waals surface area (Å²) in [6.45, 7) is 6.69. The minimum absolute atomic E-state index is 0.272. The number of nitrogens with one attached hydrogen (secondary N) is 1. The molecule has 1 N–H and O–H groups in total. The minimum atomic E-state index is -0.338. The molecule has 1 aliphatic rings. The quantitative estimate of drug-likeness (QED) is 0.531. The van der Waals surface area contributed by atoms with Crippen molar-refractivity contribution in [1.29, 1.82) is 0 Å². The maximum absolute atomic E-state index is 13.3. The first-order valence-electron chi connectivity index (χ1n) is 9.96. The van der Waals surface area contributed by atoms with Crippen LogP contribution < -0.4 is 10.1 Å². The van der Waals surface area contributed by atoms with E-state index in [9.17, 15) is 9.59 Å². The molecule has 0 unspecified atom stereocenters. The molecule has 2 aromatic carbocycles. The van der Waals surface area contributed by atoms with Crippen molar-refractivity contribution in [3.8, 4) is 5.75 Å². The second-order valence-corrected chi connectivity index (χ2v) is 7.51. The molecule has 0 saturated carbocycles. The molecule has 6 heteroatoms. The molecule has 6 nitrogen and oxygen atoms in total. The first-order chi connectivity index (χ1) is 14.4. The van der Waals surface area contributed by atoms with E-state index in [2.05, 4.69) is 5.32 Å². The van der Waals surface area contributed by atoms with Gasteiger partial charge in [-0.05, 0) is 56.0 Å². The Balaban J connectivity index is 2.09. The van der Waals surface area contributed by atoms with Gasteiger partial charge < -0.3 is 14.8 Å². The number of methoxy groups -OCH3 is 2. The number of rotatable bonds is 8. The predicted molar refractivity (Wildman–Crippen MR) is 117 cm³/mol. The van der Waals surface area contributed by atoms with Crippen molar-refractivity contribution in [2.45, 2.75) is 27.2 Å². The summed E-state index contributed by atoms with van der Waals surface area (Å²) in [6, 6.07) is 11.5. The van der Waals surface area contributed by atoms with Crippen LogP contribution in [-0.2, 0) is 14.3 Å². The lowest BCUT2D eigenvalue weighted by atomic mass is 9.97. The minimum Gasteiger partial charge on any atom is -0.495 e. The number of ether oxygens (including phenoxy) is 2. The van der Waals surface area contributed by atoms with Crippen LogP contribution in [0, 0.1) is 20.8 Å². The number of aryl methyl sites for hydroxylation is 3. The lowest BCUT2D eigenvalue weighted by molar-refractivity contribution is -0.136. The SMILES string of the molecule is COCCCN1C(=O)C(Nc2cc(C)ccc2OC)=C(c2ccc(C)cc2C)C1=O. The van der Waals surface area contributed by atoms with Gasteiger partial charge in [-0.2, -0.15) is 0 Å². The van der Waals surface area contributed by atoms with Crippen molar-refractivity contribution in [2.75, 3.05) is 32.7 Å². The van der Waals surface area contributed by atoms with Crippen LogP contribution in [0.2, 0.25) is 0 Å². The molecular formula is C24H28N2O4. The maximum Gasteiger partial charge on any atom is 0.278 e. The molecule has 0 bridgehead atoms. The van der Waals surface area contributed by atoms with Crippen LogP contribution in [0.3, 0.4) is 0 Å². The molecule has 158 valence electrons. The first-order valence-corrected chi connectivity index (χ1v) is 9.96. The van der Waals surface area contributed by atoms with Gasteiger partial charge in [0.05, 0.1) is 18.4 Å². The van der Waals surface area contributed by atoms with Crippen LogP contribution in [0.4, 0.5) is 5.69 Å². The van der Waals surface area contributed by atoms with Gasteiger partial charge in [0.15, 0.2) is 0 Å². The highest BCUT2D eigenvalue weighted by molar-refractivity contribution is 6.36. The molecule has 2 amide bonds. The van der Waals surface area contributed by atoms with Gasteiger partial charge in [-0.15, -0.1) is 0 Å². The average Bonchev–Trinajstić information content (AvgIpc) is 2.93. The predicted octanol–water partition coefficient (Wildman–Crippen LogP) is 3.85. The van der Waals surface area contributed by atoms with Crippen LogP contribution in [0.5, 0.6) is 5.75 Å². The second kappa shape index (κ2) is 9.13. The van der Waals surface area contributed by atoms with Gasteiger partial charge in [-0.1, -0.05) is 29.8 Å². The Morgan fingerprint density at radius 1 is 0.933 bits per heavy atom. The van der Waals surface area contributed by atoms with E-state index >= 15 is 0 Å². The van der Waals surface area contributed by atoms with Gasteiger partial charge in [0, 0.05) is 20.3 Å². The Morgan fingerprint density at radius 3 is 2.30 bits per heavy atom. The largest absolute Gasteiger partial charge is 0.495 e. The fourth-order valence-corrected chi connectivity index (χ4v) is 3.66. The summed E-state index contributed by atoms with van der Waals surface area (Å²) in [5.41, 5.74) is 5.12. The molecule has 0 aromatic heterocycles. The fraction of sp³-hybridized carbons (Fsp3) is 0.333. The summed E-state index contributed by atoms with van der Waals surface area (Å²) in [7, 11) is 3.18. The number of amides is 2. The third-order valence-corrected chi connectivity index (χ3v) is 5.16. The molecule has 0 aliphatic carbocycles. The number of imide groups is 1. The number of carbonyl (C=O) groups excluding carboxylic acids is 2. The van der Waals surface area contributed by atoms with Gasteiger partial charge in [-0.25, -0.2) is 0 Å². The van der Waals surface area contributed by atoms with E-state index in [1.807, 2.05) is 57.2 Å². The average molecular weight is 408 g/mol. The highest BCUT2D eigenvalue weighted by atomic mass is 16.5. The number of carbonyl (C=O) groups is 2. The molecule has 30 heavy (non-hydrogen) atoms. The molecule has 3 rings (SSSR count). The highest BCUT2D eigenvalue weighted by Gasteiger charge is 2.39. The number of hydrogen-bond donors (Lipinski definition) is 1. The Morgan fingerprint density at radius 2 is 1.63 bits per heavy atom. The normalized spacial score (nSPS) is 14.0. The number of benzene rings is 2. The zero-order valence-electron chi connectivity index (χ0n) is 18.2. The van der Waals surface area contributed by atoms with Gasteiger partial charge in [0.25, 0.3) is 11.8 Å². The molecule has 2 aromatic rings. The van der Waals surface area contributed by atoms with E-state index in [1.165, 1.54) is 4.90 Å². The third kappa shape index (κ3) is 4.24. The zero-order chi connectivity index (χ0) is 21.8. The monoisotopic (exact) mass is 408 g/mol. The molecule has 0 saturated heterocycles. The van der Waals surface area contributed by atoms with Crippen LogP contribution in [0.1, 0.15) is 28.7 Å². The van der Waals surface area contributed by atoms with Crippen LogP contribution in [0.25, 0.3) is 5.57 Å². The molecule has 1 heterocycles. The third-order valence-electron chi connectivity index (χ3n) is 5.16. The van der Waals surface area contributed by atoms with E-state index in [0.29, 0.717) is 36.6 Å². The number of hydrogen-bond acceptors (Lipinski definition) is 5. The van der Waals surface area contributed by atoms with E-state index in [4.69, 9.17) is 9.47 Å². The standard InChI is InChI=1S/C24H28N2O4/c1-15-7-9-18(17(3)13-15)21-22(24(28)26(23(21)27)11-6-12-29-4)25-19-14-16(2)8-10-20(19)30-5/h7-10,13-14,25H,6,11-12H2,1-5H3. The van der Waals surface area contributed by atoms with Crippen LogP contribution in [0.15, 0.2) is 42.1 Å². The lowest BCUT2D eigenvalue weighted by Crippen LogP contribution is -2.34. The fourth-order valence-electron chi connectivity index (χ4n) is 3.66. The molecule has 0 spiro atoms.